The van der Waals surface area contributed by atoms with Gasteiger partial charge >= 0.3 is 0 Å². The lowest BCUT2D eigenvalue weighted by Gasteiger charge is -2.28. The molecule has 1 aromatic rings. The van der Waals surface area contributed by atoms with Crippen molar-refractivity contribution in [1.82, 2.24) is 0 Å². The number of benzene rings is 1. The van der Waals surface area contributed by atoms with Crippen LogP contribution in [0.4, 0.5) is 0 Å². The van der Waals surface area contributed by atoms with Crippen LogP contribution in [0.1, 0.15) is 37.3 Å². The molecule has 2 heteroatoms. The maximum absolute atomic E-state index is 6.40. The van der Waals surface area contributed by atoms with E-state index in [0.717, 1.165) is 21.3 Å². The van der Waals surface area contributed by atoms with E-state index in [1.54, 1.807) is 0 Å². The van der Waals surface area contributed by atoms with Crippen LogP contribution in [0.15, 0.2) is 16.6 Å². The zero-order valence-corrected chi connectivity index (χ0v) is 12.0. The van der Waals surface area contributed by atoms with Crippen molar-refractivity contribution in [2.24, 2.45) is 11.8 Å². The highest BCUT2D eigenvalue weighted by Gasteiger charge is 2.52. The smallest absolute Gasteiger partial charge is 0.0454 e. The van der Waals surface area contributed by atoms with Gasteiger partial charge < -0.3 is 0 Å². The molecule has 2 saturated carbocycles. The maximum atomic E-state index is 6.40. The summed E-state index contributed by atoms with van der Waals surface area (Å²) in [5, 5.41) is 0.932. The summed E-state index contributed by atoms with van der Waals surface area (Å²) < 4.78 is 1.12. The van der Waals surface area contributed by atoms with E-state index < -0.39 is 0 Å². The highest BCUT2D eigenvalue weighted by Crippen LogP contribution is 2.61. The molecule has 2 fully saturated rings. The van der Waals surface area contributed by atoms with Crippen molar-refractivity contribution in [1.29, 1.82) is 0 Å². The minimum Gasteiger partial charge on any atom is -0.0840 e. The van der Waals surface area contributed by atoms with Gasteiger partial charge in [0.1, 0.15) is 0 Å². The first-order chi connectivity index (χ1) is 7.49. The topological polar surface area (TPSA) is 0 Å². The first-order valence-corrected chi connectivity index (χ1v) is 7.13. The summed E-state index contributed by atoms with van der Waals surface area (Å²) in [6.45, 7) is 4.52. The van der Waals surface area contributed by atoms with Crippen LogP contribution in [0.25, 0.3) is 0 Å². The van der Waals surface area contributed by atoms with Crippen molar-refractivity contribution in [3.05, 3.63) is 32.8 Å². The van der Waals surface area contributed by atoms with E-state index in [-0.39, 0.29) is 0 Å². The minimum atomic E-state index is 0.329. The molecule has 2 unspecified atom stereocenters. The number of fused-ring (bicyclic) bond motifs is 1. The van der Waals surface area contributed by atoms with Crippen molar-refractivity contribution < 1.29 is 0 Å². The monoisotopic (exact) mass is 298 g/mol. The molecule has 0 amide bonds. The predicted molar refractivity (Wildman–Crippen MR) is 72.1 cm³/mol. The summed E-state index contributed by atoms with van der Waals surface area (Å²) in [6, 6.07) is 4.33. The Balaban J connectivity index is 2.02. The van der Waals surface area contributed by atoms with Gasteiger partial charge in [-0.2, -0.15) is 0 Å². The molecular formula is C14H16BrCl. The molecule has 2 aliphatic rings. The number of halogens is 2. The van der Waals surface area contributed by atoms with Gasteiger partial charge in [0.15, 0.2) is 0 Å². The average molecular weight is 300 g/mol. The van der Waals surface area contributed by atoms with Crippen LogP contribution < -0.4 is 0 Å². The Hall–Kier alpha value is -0.0100. The largest absolute Gasteiger partial charge is 0.0840 e. The number of hydrogen-bond donors (Lipinski definition) is 0. The van der Waals surface area contributed by atoms with E-state index in [1.165, 1.54) is 30.4 Å². The molecule has 0 aromatic heterocycles. The summed E-state index contributed by atoms with van der Waals surface area (Å²) in [6.07, 6.45) is 4.12. The standard InChI is InChI=1S/C14H16BrCl/c1-8-3-11(13(16)5-12(8)15)14(2)6-9-4-10(9)7-14/h3,5,9-10H,4,6-7H2,1-2H3. The fourth-order valence-corrected chi connectivity index (χ4v) is 4.26. The van der Waals surface area contributed by atoms with Crippen LogP contribution in [0, 0.1) is 18.8 Å². The van der Waals surface area contributed by atoms with Crippen molar-refractivity contribution in [3.8, 4) is 0 Å². The molecule has 2 atom stereocenters. The van der Waals surface area contributed by atoms with Crippen LogP contribution in [-0.2, 0) is 5.41 Å². The minimum absolute atomic E-state index is 0.329. The Kier molecular flexibility index (Phi) is 2.42. The van der Waals surface area contributed by atoms with Crippen molar-refractivity contribution in [2.75, 3.05) is 0 Å². The molecule has 0 heterocycles. The van der Waals surface area contributed by atoms with Gasteiger partial charge in [-0.15, -0.1) is 0 Å². The van der Waals surface area contributed by atoms with E-state index in [9.17, 15) is 0 Å². The molecule has 0 bridgehead atoms. The fraction of sp³-hybridized carbons (Fsp3) is 0.571. The van der Waals surface area contributed by atoms with Gasteiger partial charge in [0.2, 0.25) is 0 Å². The summed E-state index contributed by atoms with van der Waals surface area (Å²) in [5.41, 5.74) is 2.99. The van der Waals surface area contributed by atoms with Crippen molar-refractivity contribution in [2.45, 2.75) is 38.5 Å². The van der Waals surface area contributed by atoms with Gasteiger partial charge in [-0.05, 0) is 60.6 Å². The quantitative estimate of drug-likeness (QED) is 0.677. The van der Waals surface area contributed by atoms with Crippen molar-refractivity contribution >= 4 is 27.5 Å². The Morgan fingerprint density at radius 2 is 1.94 bits per heavy atom. The Morgan fingerprint density at radius 3 is 2.56 bits per heavy atom. The van der Waals surface area contributed by atoms with Crippen LogP contribution in [0.2, 0.25) is 5.02 Å². The third kappa shape index (κ3) is 1.64. The van der Waals surface area contributed by atoms with E-state index >= 15 is 0 Å². The molecule has 1 aromatic carbocycles. The normalized spacial score (nSPS) is 36.2. The zero-order valence-electron chi connectivity index (χ0n) is 9.69. The molecule has 0 radical (unpaired) electrons. The van der Waals surface area contributed by atoms with E-state index in [1.807, 2.05) is 0 Å². The molecule has 0 aliphatic heterocycles. The molecule has 3 rings (SSSR count). The van der Waals surface area contributed by atoms with Gasteiger partial charge in [-0.25, -0.2) is 0 Å². The van der Waals surface area contributed by atoms with E-state index in [4.69, 9.17) is 11.6 Å². The van der Waals surface area contributed by atoms with E-state index in [0.29, 0.717) is 5.41 Å². The summed E-state index contributed by atoms with van der Waals surface area (Å²) in [5.74, 6) is 1.98. The Labute approximate surface area is 111 Å². The summed E-state index contributed by atoms with van der Waals surface area (Å²) >= 11 is 9.95. The van der Waals surface area contributed by atoms with Crippen LogP contribution in [0.3, 0.4) is 0 Å². The lowest BCUT2D eigenvalue weighted by atomic mass is 9.78. The van der Waals surface area contributed by atoms with Gasteiger partial charge in [0.25, 0.3) is 0 Å². The first-order valence-electron chi connectivity index (χ1n) is 5.96. The predicted octanol–water partition coefficient (Wildman–Crippen LogP) is 5.10. The van der Waals surface area contributed by atoms with Gasteiger partial charge in [-0.3, -0.25) is 0 Å². The Bertz CT molecular complexity index is 442. The summed E-state index contributed by atoms with van der Waals surface area (Å²) in [7, 11) is 0. The number of rotatable bonds is 1. The number of hydrogen-bond acceptors (Lipinski definition) is 0. The van der Waals surface area contributed by atoms with Gasteiger partial charge in [-0.1, -0.05) is 40.5 Å². The highest BCUT2D eigenvalue weighted by atomic mass is 79.9. The SMILES string of the molecule is Cc1cc(C2(C)CC3CC3C2)c(Cl)cc1Br. The summed E-state index contributed by atoms with van der Waals surface area (Å²) in [4.78, 5) is 0. The zero-order chi connectivity index (χ0) is 11.5. The van der Waals surface area contributed by atoms with E-state index in [2.05, 4.69) is 41.9 Å². The molecule has 0 saturated heterocycles. The highest BCUT2D eigenvalue weighted by molar-refractivity contribution is 9.10. The Morgan fingerprint density at radius 1 is 1.31 bits per heavy atom. The maximum Gasteiger partial charge on any atom is 0.0454 e. The molecule has 2 aliphatic carbocycles. The third-order valence-corrected chi connectivity index (χ3v) is 5.56. The lowest BCUT2D eigenvalue weighted by Crippen LogP contribution is -2.20. The second-order valence-corrected chi connectivity index (χ2v) is 7.07. The second kappa shape index (κ2) is 3.49. The number of aryl methyl sites for hydroxylation is 1. The van der Waals surface area contributed by atoms with Crippen LogP contribution >= 0.6 is 27.5 Å². The van der Waals surface area contributed by atoms with Crippen LogP contribution in [0.5, 0.6) is 0 Å². The van der Waals surface area contributed by atoms with Crippen LogP contribution in [-0.4, -0.2) is 0 Å². The van der Waals surface area contributed by atoms with Gasteiger partial charge in [0, 0.05) is 9.50 Å². The first kappa shape index (κ1) is 11.1. The molecular weight excluding hydrogens is 284 g/mol. The molecule has 16 heavy (non-hydrogen) atoms. The molecule has 0 nitrogen and oxygen atoms in total. The van der Waals surface area contributed by atoms with Crippen molar-refractivity contribution in [3.63, 3.8) is 0 Å². The van der Waals surface area contributed by atoms with Gasteiger partial charge in [0.05, 0.1) is 0 Å². The third-order valence-electron chi connectivity index (χ3n) is 4.39. The molecule has 0 N–H and O–H groups in total. The molecule has 0 spiro atoms. The fourth-order valence-electron chi connectivity index (χ4n) is 3.39. The average Bonchev–Trinajstić information content (AvgIpc) is 2.81. The molecule has 86 valence electrons. The second-order valence-electron chi connectivity index (χ2n) is 5.81. The lowest BCUT2D eigenvalue weighted by molar-refractivity contribution is 0.436.